The second-order valence-electron chi connectivity index (χ2n) is 5.94. The van der Waals surface area contributed by atoms with Crippen molar-refractivity contribution < 1.29 is 14.5 Å². The molecule has 1 N–H and O–H groups in total. The van der Waals surface area contributed by atoms with Crippen molar-refractivity contribution in [2.45, 2.75) is 13.0 Å². The Kier molecular flexibility index (Phi) is 4.89. The van der Waals surface area contributed by atoms with E-state index in [4.69, 9.17) is 4.74 Å². The maximum absolute atomic E-state index is 12.6. The second kappa shape index (κ2) is 7.28. The van der Waals surface area contributed by atoms with E-state index in [1.54, 1.807) is 38.3 Å². The summed E-state index contributed by atoms with van der Waals surface area (Å²) in [4.78, 5) is 35.4. The van der Waals surface area contributed by atoms with Gasteiger partial charge in [0.2, 0.25) is 5.91 Å². The highest BCUT2D eigenvalue weighted by Gasteiger charge is 2.19. The summed E-state index contributed by atoms with van der Waals surface area (Å²) in [5, 5.41) is 14.2. The number of non-ortho nitro benzene ring substituents is 1. The molecule has 0 spiro atoms. The summed E-state index contributed by atoms with van der Waals surface area (Å²) < 4.78 is 6.39. The number of carbonyl (C=O) groups is 1. The number of hydrogen-bond donors (Lipinski definition) is 1. The number of nitro benzene ring substituents is 1. The van der Waals surface area contributed by atoms with Crippen molar-refractivity contribution >= 4 is 28.2 Å². The number of nitrogens with zero attached hydrogens (tertiary/aromatic N) is 2. The van der Waals surface area contributed by atoms with Crippen LogP contribution in [0.15, 0.2) is 59.4 Å². The molecule has 0 radical (unpaired) electrons. The molecule has 2 aromatic carbocycles. The molecule has 27 heavy (non-hydrogen) atoms. The fourth-order valence-corrected chi connectivity index (χ4v) is 2.81. The van der Waals surface area contributed by atoms with Crippen LogP contribution in [-0.4, -0.2) is 22.5 Å². The summed E-state index contributed by atoms with van der Waals surface area (Å²) in [5.41, 5.74) is 0.568. The van der Waals surface area contributed by atoms with Crippen LogP contribution in [0.3, 0.4) is 0 Å². The Morgan fingerprint density at radius 1 is 1.15 bits per heavy atom. The molecule has 0 aliphatic heterocycles. The first-order valence-corrected chi connectivity index (χ1v) is 8.15. The number of nitro groups is 1. The van der Waals surface area contributed by atoms with Crippen LogP contribution in [0.5, 0.6) is 5.75 Å². The van der Waals surface area contributed by atoms with E-state index in [1.807, 2.05) is 0 Å². The molecule has 138 valence electrons. The van der Waals surface area contributed by atoms with Crippen molar-refractivity contribution in [2.75, 3.05) is 12.4 Å². The number of methoxy groups -OCH3 is 1. The van der Waals surface area contributed by atoms with Crippen molar-refractivity contribution in [2.24, 2.45) is 0 Å². The molecule has 0 saturated heterocycles. The number of aromatic nitrogens is 1. The van der Waals surface area contributed by atoms with E-state index in [-0.39, 0.29) is 17.2 Å². The standard InChI is InChI=1S/C19H17N3O5/c1-12(19(24)20-14-4-7-16(27-2)8-5-14)21-17-9-6-15(22(25)26)11-13(17)3-10-18(21)23/h3-12H,1-2H3,(H,20,24). The number of hydrogen-bond acceptors (Lipinski definition) is 5. The fraction of sp³-hybridized carbons (Fsp3) is 0.158. The molecule has 8 heteroatoms. The van der Waals surface area contributed by atoms with Crippen LogP contribution in [0, 0.1) is 10.1 Å². The minimum absolute atomic E-state index is 0.0805. The number of pyridine rings is 1. The van der Waals surface area contributed by atoms with Gasteiger partial charge in [-0.05, 0) is 43.3 Å². The van der Waals surface area contributed by atoms with Crippen molar-refractivity contribution in [3.63, 3.8) is 0 Å². The van der Waals surface area contributed by atoms with Crippen LogP contribution in [0.4, 0.5) is 11.4 Å². The van der Waals surface area contributed by atoms with E-state index in [9.17, 15) is 19.7 Å². The van der Waals surface area contributed by atoms with Crippen molar-refractivity contribution in [3.8, 4) is 5.75 Å². The average Bonchev–Trinajstić information content (AvgIpc) is 2.67. The van der Waals surface area contributed by atoms with Gasteiger partial charge in [-0.15, -0.1) is 0 Å². The van der Waals surface area contributed by atoms with E-state index < -0.39 is 11.0 Å². The molecule has 0 bridgehead atoms. The third-order valence-corrected chi connectivity index (χ3v) is 4.25. The molecule has 0 saturated carbocycles. The maximum Gasteiger partial charge on any atom is 0.270 e. The number of fused-ring (bicyclic) bond motifs is 1. The van der Waals surface area contributed by atoms with Crippen molar-refractivity contribution in [1.82, 2.24) is 4.57 Å². The zero-order valence-corrected chi connectivity index (χ0v) is 14.7. The van der Waals surface area contributed by atoms with Crippen molar-refractivity contribution in [1.29, 1.82) is 0 Å². The number of benzene rings is 2. The summed E-state index contributed by atoms with van der Waals surface area (Å²) in [5.74, 6) is 0.279. The third-order valence-electron chi connectivity index (χ3n) is 4.25. The highest BCUT2D eigenvalue weighted by Crippen LogP contribution is 2.22. The molecule has 0 aliphatic rings. The van der Waals surface area contributed by atoms with Gasteiger partial charge in [-0.1, -0.05) is 0 Å². The van der Waals surface area contributed by atoms with Crippen LogP contribution in [0.1, 0.15) is 13.0 Å². The van der Waals surface area contributed by atoms with Crippen LogP contribution in [0.2, 0.25) is 0 Å². The Hall–Kier alpha value is -3.68. The Morgan fingerprint density at radius 2 is 1.85 bits per heavy atom. The predicted octanol–water partition coefficient (Wildman–Crippen LogP) is 3.12. The number of carbonyl (C=O) groups excluding carboxylic acids is 1. The quantitative estimate of drug-likeness (QED) is 0.551. The van der Waals surface area contributed by atoms with Gasteiger partial charge >= 0.3 is 0 Å². The molecule has 3 aromatic rings. The number of ether oxygens (including phenoxy) is 1. The largest absolute Gasteiger partial charge is 0.497 e. The van der Waals surface area contributed by atoms with Gasteiger partial charge in [0, 0.05) is 29.3 Å². The van der Waals surface area contributed by atoms with Gasteiger partial charge in [0.25, 0.3) is 11.2 Å². The van der Waals surface area contributed by atoms with Crippen LogP contribution in [0.25, 0.3) is 10.9 Å². The molecular formula is C19H17N3O5. The second-order valence-corrected chi connectivity index (χ2v) is 5.94. The maximum atomic E-state index is 12.6. The zero-order valence-electron chi connectivity index (χ0n) is 14.7. The first-order chi connectivity index (χ1) is 12.9. The molecule has 1 aromatic heterocycles. The Morgan fingerprint density at radius 3 is 2.48 bits per heavy atom. The molecule has 3 rings (SSSR count). The number of anilines is 1. The van der Waals surface area contributed by atoms with E-state index in [0.717, 1.165) is 0 Å². The summed E-state index contributed by atoms with van der Waals surface area (Å²) in [6, 6.07) is 13.0. The lowest BCUT2D eigenvalue weighted by Crippen LogP contribution is -2.31. The Labute approximate surface area is 154 Å². The summed E-state index contributed by atoms with van der Waals surface area (Å²) >= 11 is 0. The zero-order chi connectivity index (χ0) is 19.6. The molecule has 0 aliphatic carbocycles. The minimum Gasteiger partial charge on any atom is -0.497 e. The SMILES string of the molecule is COc1ccc(NC(=O)C(C)n2c(=O)ccc3cc([N+](=O)[O-])ccc32)cc1. The lowest BCUT2D eigenvalue weighted by Gasteiger charge is -2.17. The van der Waals surface area contributed by atoms with E-state index in [2.05, 4.69) is 5.32 Å². The first-order valence-electron chi connectivity index (χ1n) is 8.15. The van der Waals surface area contributed by atoms with Gasteiger partial charge in [-0.25, -0.2) is 0 Å². The molecule has 1 heterocycles. The molecule has 0 fully saturated rings. The molecule has 1 amide bonds. The van der Waals surface area contributed by atoms with E-state index in [1.165, 1.54) is 34.9 Å². The molecule has 1 atom stereocenters. The molecular weight excluding hydrogens is 350 g/mol. The van der Waals surface area contributed by atoms with Gasteiger partial charge in [0.1, 0.15) is 11.8 Å². The van der Waals surface area contributed by atoms with Crippen molar-refractivity contribution in [3.05, 3.63) is 75.1 Å². The third kappa shape index (κ3) is 3.64. The minimum atomic E-state index is -0.815. The highest BCUT2D eigenvalue weighted by molar-refractivity contribution is 5.94. The summed E-state index contributed by atoms with van der Waals surface area (Å²) in [7, 11) is 1.55. The lowest BCUT2D eigenvalue weighted by molar-refractivity contribution is -0.384. The lowest BCUT2D eigenvalue weighted by atomic mass is 10.1. The van der Waals surface area contributed by atoms with Gasteiger partial charge in [-0.3, -0.25) is 24.3 Å². The summed E-state index contributed by atoms with van der Waals surface area (Å²) in [6.45, 7) is 1.60. The molecule has 1 unspecified atom stereocenters. The smallest absolute Gasteiger partial charge is 0.270 e. The highest BCUT2D eigenvalue weighted by atomic mass is 16.6. The monoisotopic (exact) mass is 367 g/mol. The van der Waals surface area contributed by atoms with Crippen LogP contribution in [-0.2, 0) is 4.79 Å². The van der Waals surface area contributed by atoms with Crippen LogP contribution >= 0.6 is 0 Å². The van der Waals surface area contributed by atoms with Gasteiger partial charge in [-0.2, -0.15) is 0 Å². The van der Waals surface area contributed by atoms with Gasteiger partial charge < -0.3 is 10.1 Å². The summed E-state index contributed by atoms with van der Waals surface area (Å²) in [6.07, 6.45) is 0. The van der Waals surface area contributed by atoms with Crippen LogP contribution < -0.4 is 15.6 Å². The normalized spacial score (nSPS) is 11.8. The van der Waals surface area contributed by atoms with E-state index >= 15 is 0 Å². The topological polar surface area (TPSA) is 103 Å². The Bertz CT molecular complexity index is 1070. The predicted molar refractivity (Wildman–Crippen MR) is 101 cm³/mol. The number of amides is 1. The first kappa shape index (κ1) is 18.1. The number of nitrogens with one attached hydrogen (secondary N) is 1. The van der Waals surface area contributed by atoms with Gasteiger partial charge in [0.15, 0.2) is 0 Å². The number of rotatable bonds is 5. The Balaban J connectivity index is 1.94. The molecule has 8 nitrogen and oxygen atoms in total. The average molecular weight is 367 g/mol. The fourth-order valence-electron chi connectivity index (χ4n) is 2.81. The van der Waals surface area contributed by atoms with Gasteiger partial charge in [0.05, 0.1) is 17.5 Å². The van der Waals surface area contributed by atoms with E-state index in [0.29, 0.717) is 22.3 Å².